The van der Waals surface area contributed by atoms with Gasteiger partial charge in [-0.1, -0.05) is 37.5 Å². The van der Waals surface area contributed by atoms with Crippen molar-refractivity contribution in [1.82, 2.24) is 10.2 Å². The number of likely N-dealkylation sites (tertiary alicyclic amines) is 1. The van der Waals surface area contributed by atoms with Gasteiger partial charge in [0.1, 0.15) is 5.82 Å². The Kier molecular flexibility index (Phi) is 7.37. The second-order valence-electron chi connectivity index (χ2n) is 8.95. The molecule has 0 spiro atoms. The maximum atomic E-state index is 13.9. The molecule has 33 heavy (non-hydrogen) atoms. The van der Waals surface area contributed by atoms with Crippen LogP contribution < -0.4 is 10.6 Å². The van der Waals surface area contributed by atoms with E-state index in [9.17, 15) is 18.8 Å². The largest absolute Gasteiger partial charge is 0.353 e. The van der Waals surface area contributed by atoms with Gasteiger partial charge in [-0.2, -0.15) is 0 Å². The minimum Gasteiger partial charge on any atom is -0.353 e. The molecule has 2 aromatic carbocycles. The SMILES string of the molecule is O=C(Nc1cccc(C(=O)N2CCCC(C(=O)NC3CCCCC3)C2)c1)c1ccccc1F. The molecule has 1 aliphatic heterocycles. The molecule has 2 N–H and O–H groups in total. The van der Waals surface area contributed by atoms with Crippen molar-refractivity contribution in [2.45, 2.75) is 51.0 Å². The van der Waals surface area contributed by atoms with Crippen molar-refractivity contribution in [2.75, 3.05) is 18.4 Å². The third-order valence-corrected chi connectivity index (χ3v) is 6.52. The van der Waals surface area contributed by atoms with E-state index in [2.05, 4.69) is 10.6 Å². The summed E-state index contributed by atoms with van der Waals surface area (Å²) in [4.78, 5) is 40.0. The van der Waals surface area contributed by atoms with E-state index in [0.29, 0.717) is 24.3 Å². The summed E-state index contributed by atoms with van der Waals surface area (Å²) in [7, 11) is 0. The monoisotopic (exact) mass is 451 g/mol. The molecule has 6 nitrogen and oxygen atoms in total. The maximum absolute atomic E-state index is 13.9. The number of amides is 3. The number of anilines is 1. The molecule has 0 radical (unpaired) electrons. The minimum absolute atomic E-state index is 0.0466. The van der Waals surface area contributed by atoms with Gasteiger partial charge >= 0.3 is 0 Å². The van der Waals surface area contributed by atoms with Crippen LogP contribution >= 0.6 is 0 Å². The van der Waals surface area contributed by atoms with E-state index < -0.39 is 11.7 Å². The molecular formula is C26H30FN3O3. The molecule has 3 amide bonds. The van der Waals surface area contributed by atoms with E-state index >= 15 is 0 Å². The molecule has 1 unspecified atom stereocenters. The van der Waals surface area contributed by atoms with Crippen molar-refractivity contribution in [1.29, 1.82) is 0 Å². The van der Waals surface area contributed by atoms with E-state index in [1.807, 2.05) is 0 Å². The van der Waals surface area contributed by atoms with E-state index in [0.717, 1.165) is 38.5 Å². The number of halogens is 1. The highest BCUT2D eigenvalue weighted by molar-refractivity contribution is 6.05. The van der Waals surface area contributed by atoms with Crippen LogP contribution in [0.25, 0.3) is 0 Å². The van der Waals surface area contributed by atoms with Gasteiger partial charge in [0.05, 0.1) is 11.5 Å². The van der Waals surface area contributed by atoms with Gasteiger partial charge in [-0.05, 0) is 56.0 Å². The lowest BCUT2D eigenvalue weighted by Crippen LogP contribution is -2.47. The Morgan fingerprint density at radius 3 is 2.48 bits per heavy atom. The Morgan fingerprint density at radius 1 is 0.909 bits per heavy atom. The van der Waals surface area contributed by atoms with Crippen LogP contribution in [0.3, 0.4) is 0 Å². The van der Waals surface area contributed by atoms with Crippen LogP contribution in [-0.4, -0.2) is 41.8 Å². The van der Waals surface area contributed by atoms with E-state index in [-0.39, 0.29) is 29.3 Å². The van der Waals surface area contributed by atoms with Gasteiger partial charge in [0, 0.05) is 30.4 Å². The van der Waals surface area contributed by atoms with Gasteiger partial charge in [-0.15, -0.1) is 0 Å². The van der Waals surface area contributed by atoms with Crippen LogP contribution in [-0.2, 0) is 4.79 Å². The number of carbonyl (C=O) groups excluding carboxylic acids is 3. The summed E-state index contributed by atoms with van der Waals surface area (Å²) >= 11 is 0. The Hall–Kier alpha value is -3.22. The summed E-state index contributed by atoms with van der Waals surface area (Å²) in [6.07, 6.45) is 7.17. The fourth-order valence-electron chi connectivity index (χ4n) is 4.70. The normalized spacial score (nSPS) is 19.1. The fourth-order valence-corrected chi connectivity index (χ4v) is 4.70. The van der Waals surface area contributed by atoms with Crippen molar-refractivity contribution in [3.05, 3.63) is 65.5 Å². The van der Waals surface area contributed by atoms with Gasteiger partial charge in [0.2, 0.25) is 5.91 Å². The molecule has 2 fully saturated rings. The summed E-state index contributed by atoms with van der Waals surface area (Å²) in [6.45, 7) is 0.987. The first-order valence-electron chi connectivity index (χ1n) is 11.8. The number of piperidine rings is 1. The third kappa shape index (κ3) is 5.78. The Balaban J connectivity index is 1.38. The summed E-state index contributed by atoms with van der Waals surface area (Å²) in [5.41, 5.74) is 0.782. The number of nitrogens with one attached hydrogen (secondary N) is 2. The summed E-state index contributed by atoms with van der Waals surface area (Å²) in [5.74, 6) is -1.51. The molecule has 1 atom stereocenters. The van der Waals surface area contributed by atoms with Gasteiger partial charge in [0.15, 0.2) is 0 Å². The first kappa shape index (κ1) is 23.0. The highest BCUT2D eigenvalue weighted by atomic mass is 19.1. The Bertz CT molecular complexity index is 1020. The molecule has 1 saturated carbocycles. The number of benzene rings is 2. The first-order chi connectivity index (χ1) is 16.0. The number of hydrogen-bond donors (Lipinski definition) is 2. The predicted molar refractivity (Wildman–Crippen MR) is 124 cm³/mol. The summed E-state index contributed by atoms with van der Waals surface area (Å²) in [6, 6.07) is 12.6. The number of nitrogens with zero attached hydrogens (tertiary/aromatic N) is 1. The zero-order valence-electron chi connectivity index (χ0n) is 18.7. The van der Waals surface area contributed by atoms with Gasteiger partial charge in [-0.25, -0.2) is 4.39 Å². The highest BCUT2D eigenvalue weighted by Crippen LogP contribution is 2.23. The lowest BCUT2D eigenvalue weighted by molar-refractivity contribution is -0.127. The van der Waals surface area contributed by atoms with Gasteiger partial charge < -0.3 is 15.5 Å². The molecule has 1 aliphatic carbocycles. The second kappa shape index (κ2) is 10.6. The van der Waals surface area contributed by atoms with Crippen LogP contribution in [0.15, 0.2) is 48.5 Å². The first-order valence-corrected chi connectivity index (χ1v) is 11.8. The number of carbonyl (C=O) groups is 3. The molecular weight excluding hydrogens is 421 g/mol. The van der Waals surface area contributed by atoms with Crippen LogP contribution in [0, 0.1) is 11.7 Å². The van der Waals surface area contributed by atoms with Crippen LogP contribution in [0.1, 0.15) is 65.7 Å². The van der Waals surface area contributed by atoms with E-state index in [4.69, 9.17) is 0 Å². The standard InChI is InChI=1S/C26H30FN3O3/c27-23-14-5-4-13-22(23)25(32)29-21-12-6-8-18(16-21)26(33)30-15-7-9-19(17-30)24(31)28-20-10-2-1-3-11-20/h4-6,8,12-14,16,19-20H,1-3,7,9-11,15,17H2,(H,28,31)(H,29,32). The van der Waals surface area contributed by atoms with E-state index in [1.165, 1.54) is 24.6 Å². The number of hydrogen-bond acceptors (Lipinski definition) is 3. The van der Waals surface area contributed by atoms with Gasteiger partial charge in [-0.3, -0.25) is 14.4 Å². The van der Waals surface area contributed by atoms with Crippen molar-refractivity contribution in [3.8, 4) is 0 Å². The average molecular weight is 452 g/mol. The van der Waals surface area contributed by atoms with Crippen molar-refractivity contribution in [3.63, 3.8) is 0 Å². The maximum Gasteiger partial charge on any atom is 0.258 e. The van der Waals surface area contributed by atoms with Crippen molar-refractivity contribution in [2.24, 2.45) is 5.92 Å². The fraction of sp³-hybridized carbons (Fsp3) is 0.423. The zero-order chi connectivity index (χ0) is 23.2. The Morgan fingerprint density at radius 2 is 1.70 bits per heavy atom. The second-order valence-corrected chi connectivity index (χ2v) is 8.95. The molecule has 7 heteroatoms. The molecule has 1 heterocycles. The van der Waals surface area contributed by atoms with Crippen molar-refractivity contribution >= 4 is 23.4 Å². The molecule has 1 saturated heterocycles. The summed E-state index contributed by atoms with van der Waals surface area (Å²) < 4.78 is 13.9. The topological polar surface area (TPSA) is 78.5 Å². The van der Waals surface area contributed by atoms with Crippen LogP contribution in [0.2, 0.25) is 0 Å². The minimum atomic E-state index is -0.604. The average Bonchev–Trinajstić information content (AvgIpc) is 2.84. The van der Waals surface area contributed by atoms with Crippen molar-refractivity contribution < 1.29 is 18.8 Å². The molecule has 2 aliphatic rings. The molecule has 2 aromatic rings. The smallest absolute Gasteiger partial charge is 0.258 e. The summed E-state index contributed by atoms with van der Waals surface area (Å²) in [5, 5.41) is 5.84. The molecule has 0 bridgehead atoms. The van der Waals surface area contributed by atoms with Crippen LogP contribution in [0.4, 0.5) is 10.1 Å². The third-order valence-electron chi connectivity index (χ3n) is 6.52. The van der Waals surface area contributed by atoms with Crippen LogP contribution in [0.5, 0.6) is 0 Å². The molecule has 174 valence electrons. The lowest BCUT2D eigenvalue weighted by atomic mass is 9.92. The molecule has 4 rings (SSSR count). The zero-order valence-corrected chi connectivity index (χ0v) is 18.7. The number of rotatable bonds is 5. The molecule has 0 aromatic heterocycles. The highest BCUT2D eigenvalue weighted by Gasteiger charge is 2.30. The van der Waals surface area contributed by atoms with Gasteiger partial charge in [0.25, 0.3) is 11.8 Å². The quantitative estimate of drug-likeness (QED) is 0.708. The lowest BCUT2D eigenvalue weighted by Gasteiger charge is -2.33. The van der Waals surface area contributed by atoms with E-state index in [1.54, 1.807) is 35.2 Å². The Labute approximate surface area is 193 Å². The predicted octanol–water partition coefficient (Wildman–Crippen LogP) is 4.38.